The van der Waals surface area contributed by atoms with Crippen LogP contribution in [0.3, 0.4) is 0 Å². The summed E-state index contributed by atoms with van der Waals surface area (Å²) in [5.41, 5.74) is 7.11. The highest BCUT2D eigenvalue weighted by atomic mass is 35.5. The molecule has 0 spiro atoms. The summed E-state index contributed by atoms with van der Waals surface area (Å²) in [6.07, 6.45) is 2.04. The first-order valence-electron chi connectivity index (χ1n) is 6.55. The van der Waals surface area contributed by atoms with Crippen LogP contribution in [0.1, 0.15) is 24.4 Å². The average molecular weight is 269 g/mol. The molecule has 4 heteroatoms. The number of aliphatic hydroxyl groups is 1. The van der Waals surface area contributed by atoms with Gasteiger partial charge in [-0.15, -0.1) is 0 Å². The predicted octanol–water partition coefficient (Wildman–Crippen LogP) is 2.04. The van der Waals surface area contributed by atoms with Crippen molar-refractivity contribution < 1.29 is 5.11 Å². The van der Waals surface area contributed by atoms with Crippen molar-refractivity contribution in [1.29, 1.82) is 0 Å². The molecule has 0 radical (unpaired) electrons. The third kappa shape index (κ3) is 3.23. The van der Waals surface area contributed by atoms with Crippen LogP contribution in [0.4, 0.5) is 0 Å². The lowest BCUT2D eigenvalue weighted by Gasteiger charge is -2.27. The van der Waals surface area contributed by atoms with Gasteiger partial charge in [0.2, 0.25) is 0 Å². The molecule has 0 bridgehead atoms. The van der Waals surface area contributed by atoms with Gasteiger partial charge in [-0.25, -0.2) is 0 Å². The van der Waals surface area contributed by atoms with Gasteiger partial charge in [-0.05, 0) is 43.0 Å². The highest BCUT2D eigenvalue weighted by Gasteiger charge is 2.28. The standard InChI is InChI=1S/C14H21ClN2O/c15-13-3-1-2-12(8-13)14(9-16)17-6-4-11(10-17)5-7-18/h1-3,8,11,14,18H,4-7,9-10,16H2. The molecule has 3 nitrogen and oxygen atoms in total. The second kappa shape index (κ2) is 6.53. The van der Waals surface area contributed by atoms with Crippen LogP contribution in [0.2, 0.25) is 5.02 Å². The Kier molecular flexibility index (Phi) is 5.01. The van der Waals surface area contributed by atoms with Gasteiger partial charge in [-0.3, -0.25) is 4.90 Å². The summed E-state index contributed by atoms with van der Waals surface area (Å²) in [5, 5.41) is 9.76. The molecule has 1 fully saturated rings. The van der Waals surface area contributed by atoms with Gasteiger partial charge in [0.1, 0.15) is 0 Å². The molecule has 1 aliphatic rings. The second-order valence-corrected chi connectivity index (χ2v) is 5.40. The number of likely N-dealkylation sites (tertiary alicyclic amines) is 1. The fourth-order valence-electron chi connectivity index (χ4n) is 2.77. The molecule has 0 aliphatic carbocycles. The molecule has 100 valence electrons. The Hall–Kier alpha value is -0.610. The molecule has 2 rings (SSSR count). The van der Waals surface area contributed by atoms with Crippen LogP contribution in [0.15, 0.2) is 24.3 Å². The average Bonchev–Trinajstić information content (AvgIpc) is 2.79. The first-order valence-corrected chi connectivity index (χ1v) is 6.93. The highest BCUT2D eigenvalue weighted by molar-refractivity contribution is 6.30. The van der Waals surface area contributed by atoms with E-state index < -0.39 is 0 Å². The van der Waals surface area contributed by atoms with E-state index in [1.807, 2.05) is 18.2 Å². The summed E-state index contributed by atoms with van der Waals surface area (Å²) >= 11 is 6.04. The van der Waals surface area contributed by atoms with Crippen LogP contribution in [-0.4, -0.2) is 36.2 Å². The molecule has 0 amide bonds. The largest absolute Gasteiger partial charge is 0.396 e. The van der Waals surface area contributed by atoms with Crippen molar-refractivity contribution in [2.45, 2.75) is 18.9 Å². The lowest BCUT2D eigenvalue weighted by molar-refractivity contribution is 0.223. The van der Waals surface area contributed by atoms with E-state index in [1.54, 1.807) is 0 Å². The molecule has 0 aromatic heterocycles. The zero-order valence-electron chi connectivity index (χ0n) is 10.6. The van der Waals surface area contributed by atoms with Crippen molar-refractivity contribution in [2.24, 2.45) is 11.7 Å². The Balaban J connectivity index is 2.06. The normalized spacial score (nSPS) is 22.3. The van der Waals surface area contributed by atoms with Crippen LogP contribution in [0.25, 0.3) is 0 Å². The smallest absolute Gasteiger partial charge is 0.0471 e. The van der Waals surface area contributed by atoms with E-state index >= 15 is 0 Å². The SMILES string of the molecule is NCC(c1cccc(Cl)c1)N1CCC(CCO)C1. The first-order chi connectivity index (χ1) is 8.74. The summed E-state index contributed by atoms with van der Waals surface area (Å²) in [4.78, 5) is 2.41. The minimum absolute atomic E-state index is 0.243. The van der Waals surface area contributed by atoms with Crippen molar-refractivity contribution in [3.05, 3.63) is 34.9 Å². The minimum atomic E-state index is 0.243. The van der Waals surface area contributed by atoms with E-state index in [0.29, 0.717) is 12.5 Å². The van der Waals surface area contributed by atoms with E-state index in [0.717, 1.165) is 31.0 Å². The fraction of sp³-hybridized carbons (Fsp3) is 0.571. The molecule has 1 aromatic carbocycles. The van der Waals surface area contributed by atoms with Gasteiger partial charge >= 0.3 is 0 Å². The van der Waals surface area contributed by atoms with Gasteiger partial charge in [0.15, 0.2) is 0 Å². The summed E-state index contributed by atoms with van der Waals surface area (Å²) in [6, 6.07) is 8.19. The Morgan fingerprint density at radius 3 is 3.00 bits per heavy atom. The topological polar surface area (TPSA) is 49.5 Å². The number of aliphatic hydroxyl groups excluding tert-OH is 1. The van der Waals surface area contributed by atoms with Crippen LogP contribution < -0.4 is 5.73 Å². The molecule has 1 heterocycles. The third-order valence-electron chi connectivity index (χ3n) is 3.75. The Labute approximate surface area is 114 Å². The minimum Gasteiger partial charge on any atom is -0.396 e. The first kappa shape index (κ1) is 13.8. The van der Waals surface area contributed by atoms with Gasteiger partial charge in [-0.2, -0.15) is 0 Å². The van der Waals surface area contributed by atoms with Crippen molar-refractivity contribution in [3.8, 4) is 0 Å². The van der Waals surface area contributed by atoms with Crippen molar-refractivity contribution in [2.75, 3.05) is 26.2 Å². The molecule has 1 aliphatic heterocycles. The molecule has 2 atom stereocenters. The monoisotopic (exact) mass is 268 g/mol. The van der Waals surface area contributed by atoms with Gasteiger partial charge in [0, 0.05) is 30.8 Å². The van der Waals surface area contributed by atoms with Gasteiger partial charge in [-0.1, -0.05) is 23.7 Å². The van der Waals surface area contributed by atoms with E-state index in [1.165, 1.54) is 5.56 Å². The number of nitrogens with zero attached hydrogens (tertiary/aromatic N) is 1. The maximum absolute atomic E-state index is 9.00. The quantitative estimate of drug-likeness (QED) is 0.859. The molecular formula is C14H21ClN2O. The van der Waals surface area contributed by atoms with E-state index in [-0.39, 0.29) is 12.6 Å². The fourth-order valence-corrected chi connectivity index (χ4v) is 2.97. The molecule has 0 saturated carbocycles. The van der Waals surface area contributed by atoms with Crippen molar-refractivity contribution >= 4 is 11.6 Å². The summed E-state index contributed by atoms with van der Waals surface area (Å²) in [6.45, 7) is 2.96. The molecule has 1 aromatic rings. The zero-order chi connectivity index (χ0) is 13.0. The van der Waals surface area contributed by atoms with Crippen LogP contribution in [-0.2, 0) is 0 Å². The lowest BCUT2D eigenvalue weighted by Crippen LogP contribution is -2.32. The maximum atomic E-state index is 9.00. The maximum Gasteiger partial charge on any atom is 0.0471 e. The molecular weight excluding hydrogens is 248 g/mol. The molecule has 18 heavy (non-hydrogen) atoms. The third-order valence-corrected chi connectivity index (χ3v) is 3.99. The van der Waals surface area contributed by atoms with E-state index in [2.05, 4.69) is 11.0 Å². The summed E-state index contributed by atoms with van der Waals surface area (Å²) < 4.78 is 0. The number of benzene rings is 1. The Bertz CT molecular complexity index is 386. The summed E-state index contributed by atoms with van der Waals surface area (Å²) in [7, 11) is 0. The number of rotatable bonds is 5. The van der Waals surface area contributed by atoms with Gasteiger partial charge < -0.3 is 10.8 Å². The van der Waals surface area contributed by atoms with E-state index in [4.69, 9.17) is 22.4 Å². The van der Waals surface area contributed by atoms with Crippen molar-refractivity contribution in [1.82, 2.24) is 4.90 Å². The molecule has 3 N–H and O–H groups in total. The predicted molar refractivity (Wildman–Crippen MR) is 74.6 cm³/mol. The Morgan fingerprint density at radius 2 is 2.33 bits per heavy atom. The summed E-state index contributed by atoms with van der Waals surface area (Å²) in [5.74, 6) is 0.600. The molecule has 2 unspecified atom stereocenters. The van der Waals surface area contributed by atoms with Crippen LogP contribution >= 0.6 is 11.6 Å². The van der Waals surface area contributed by atoms with Crippen LogP contribution in [0, 0.1) is 5.92 Å². The van der Waals surface area contributed by atoms with E-state index in [9.17, 15) is 0 Å². The number of hydrogen-bond acceptors (Lipinski definition) is 3. The number of halogens is 1. The van der Waals surface area contributed by atoms with Crippen LogP contribution in [0.5, 0.6) is 0 Å². The van der Waals surface area contributed by atoms with Gasteiger partial charge in [0.25, 0.3) is 0 Å². The molecule has 1 saturated heterocycles. The van der Waals surface area contributed by atoms with Gasteiger partial charge in [0.05, 0.1) is 0 Å². The number of nitrogens with two attached hydrogens (primary N) is 1. The zero-order valence-corrected chi connectivity index (χ0v) is 11.3. The highest BCUT2D eigenvalue weighted by Crippen LogP contribution is 2.29. The lowest BCUT2D eigenvalue weighted by atomic mass is 10.0. The Morgan fingerprint density at radius 1 is 1.50 bits per heavy atom. The number of hydrogen-bond donors (Lipinski definition) is 2. The second-order valence-electron chi connectivity index (χ2n) is 4.97. The van der Waals surface area contributed by atoms with Crippen molar-refractivity contribution in [3.63, 3.8) is 0 Å².